The van der Waals surface area contributed by atoms with Gasteiger partial charge in [-0.1, -0.05) is 11.6 Å². The highest BCUT2D eigenvalue weighted by atomic mass is 127. The van der Waals surface area contributed by atoms with E-state index in [2.05, 4.69) is 0 Å². The molecule has 0 radical (unpaired) electrons. The largest absolute Gasteiger partial charge is 0.326 e. The second-order valence-corrected chi connectivity index (χ2v) is 3.63. The van der Waals surface area contributed by atoms with Crippen molar-refractivity contribution in [3.05, 3.63) is 32.1 Å². The maximum absolute atomic E-state index is 12.8. The van der Waals surface area contributed by atoms with Crippen LogP contribution in [0.2, 0.25) is 5.02 Å². The Kier molecular flexibility index (Phi) is 3.09. The minimum absolute atomic E-state index is 0.298. The van der Waals surface area contributed by atoms with E-state index in [1.54, 1.807) is 6.07 Å². The van der Waals surface area contributed by atoms with E-state index in [4.69, 9.17) is 17.3 Å². The number of benzene rings is 1. The molecular formula is C7H6ClFIN. The zero-order valence-corrected chi connectivity index (χ0v) is 8.49. The van der Waals surface area contributed by atoms with Crippen LogP contribution < -0.4 is 5.73 Å². The molecule has 0 aromatic heterocycles. The highest BCUT2D eigenvalue weighted by Crippen LogP contribution is 2.21. The molecule has 0 heterocycles. The molecule has 0 fully saturated rings. The van der Waals surface area contributed by atoms with Crippen LogP contribution in [-0.2, 0) is 6.54 Å². The van der Waals surface area contributed by atoms with E-state index >= 15 is 0 Å². The van der Waals surface area contributed by atoms with Crippen LogP contribution in [0.1, 0.15) is 5.56 Å². The van der Waals surface area contributed by atoms with Crippen LogP contribution in [0.25, 0.3) is 0 Å². The zero-order valence-electron chi connectivity index (χ0n) is 5.57. The molecule has 1 aromatic rings. The summed E-state index contributed by atoms with van der Waals surface area (Å²) in [6.07, 6.45) is 0. The molecule has 0 unspecified atom stereocenters. The molecule has 4 heteroatoms. The van der Waals surface area contributed by atoms with Crippen LogP contribution >= 0.6 is 34.2 Å². The van der Waals surface area contributed by atoms with Crippen molar-refractivity contribution in [1.82, 2.24) is 0 Å². The molecule has 0 aliphatic rings. The van der Waals surface area contributed by atoms with Gasteiger partial charge in [0.05, 0.1) is 0 Å². The molecule has 0 saturated heterocycles. The van der Waals surface area contributed by atoms with E-state index < -0.39 is 0 Å². The van der Waals surface area contributed by atoms with E-state index in [1.165, 1.54) is 6.07 Å². The first-order valence-corrected chi connectivity index (χ1v) is 4.44. The van der Waals surface area contributed by atoms with Gasteiger partial charge in [0, 0.05) is 15.1 Å². The van der Waals surface area contributed by atoms with Gasteiger partial charge in [0.15, 0.2) is 0 Å². The molecule has 0 aliphatic carbocycles. The molecule has 1 aromatic carbocycles. The highest BCUT2D eigenvalue weighted by molar-refractivity contribution is 14.1. The predicted molar refractivity (Wildman–Crippen MR) is 52.0 cm³/mol. The summed E-state index contributed by atoms with van der Waals surface area (Å²) in [5.41, 5.74) is 6.13. The quantitative estimate of drug-likeness (QED) is 0.623. The molecule has 0 atom stereocenters. The Morgan fingerprint density at radius 3 is 2.73 bits per heavy atom. The number of hydrogen-bond acceptors (Lipinski definition) is 1. The van der Waals surface area contributed by atoms with Gasteiger partial charge in [-0.2, -0.15) is 0 Å². The summed E-state index contributed by atoms with van der Waals surface area (Å²) in [5, 5.41) is 0.394. The first-order valence-electron chi connectivity index (χ1n) is 2.98. The van der Waals surface area contributed by atoms with Crippen molar-refractivity contribution >= 4 is 34.2 Å². The fraction of sp³-hybridized carbons (Fsp3) is 0.143. The Bertz CT molecular complexity index is 277. The second kappa shape index (κ2) is 3.69. The second-order valence-electron chi connectivity index (χ2n) is 2.06. The molecular weight excluding hydrogens is 279 g/mol. The van der Waals surface area contributed by atoms with E-state index in [0.717, 1.165) is 5.56 Å². The molecule has 11 heavy (non-hydrogen) atoms. The average Bonchev–Trinajstić information content (AvgIpc) is 1.97. The standard InChI is InChI=1S/C7H6ClFIN/c8-5-2-6(9)7(10)1-4(5)3-11/h1-2H,3,11H2. The summed E-state index contributed by atoms with van der Waals surface area (Å²) in [6.45, 7) is 0.342. The lowest BCUT2D eigenvalue weighted by Gasteiger charge is -2.01. The van der Waals surface area contributed by atoms with Crippen molar-refractivity contribution in [2.24, 2.45) is 5.73 Å². The number of hydrogen-bond donors (Lipinski definition) is 1. The van der Waals surface area contributed by atoms with Crippen molar-refractivity contribution in [3.63, 3.8) is 0 Å². The van der Waals surface area contributed by atoms with Gasteiger partial charge in [-0.3, -0.25) is 0 Å². The monoisotopic (exact) mass is 285 g/mol. The smallest absolute Gasteiger partial charge is 0.138 e. The lowest BCUT2D eigenvalue weighted by molar-refractivity contribution is 0.619. The summed E-state index contributed by atoms with van der Waals surface area (Å²) >= 11 is 7.58. The highest BCUT2D eigenvalue weighted by Gasteiger charge is 2.04. The molecule has 0 saturated carbocycles. The predicted octanol–water partition coefficient (Wildman–Crippen LogP) is 2.54. The summed E-state index contributed by atoms with van der Waals surface area (Å²) < 4.78 is 13.3. The molecule has 2 N–H and O–H groups in total. The fourth-order valence-corrected chi connectivity index (χ4v) is 1.48. The van der Waals surface area contributed by atoms with Crippen molar-refractivity contribution < 1.29 is 4.39 Å². The maximum Gasteiger partial charge on any atom is 0.138 e. The molecule has 1 rings (SSSR count). The summed E-state index contributed by atoms with van der Waals surface area (Å²) in [7, 11) is 0. The molecule has 0 spiro atoms. The summed E-state index contributed by atoms with van der Waals surface area (Å²) in [5.74, 6) is -0.298. The van der Waals surface area contributed by atoms with Crippen LogP contribution in [0.4, 0.5) is 4.39 Å². The number of rotatable bonds is 1. The van der Waals surface area contributed by atoms with E-state index in [1.807, 2.05) is 22.6 Å². The fourth-order valence-electron chi connectivity index (χ4n) is 0.720. The van der Waals surface area contributed by atoms with Gasteiger partial charge in [0.2, 0.25) is 0 Å². The van der Waals surface area contributed by atoms with Crippen LogP contribution in [0.5, 0.6) is 0 Å². The minimum Gasteiger partial charge on any atom is -0.326 e. The van der Waals surface area contributed by atoms with Gasteiger partial charge in [0.1, 0.15) is 5.82 Å². The normalized spacial score (nSPS) is 10.2. The van der Waals surface area contributed by atoms with Crippen molar-refractivity contribution in [3.8, 4) is 0 Å². The minimum atomic E-state index is -0.298. The summed E-state index contributed by atoms with van der Waals surface area (Å²) in [4.78, 5) is 0. The van der Waals surface area contributed by atoms with E-state index in [9.17, 15) is 4.39 Å². The zero-order chi connectivity index (χ0) is 8.43. The molecule has 0 amide bonds. The third-order valence-electron chi connectivity index (χ3n) is 1.31. The van der Waals surface area contributed by atoms with E-state index in [0.29, 0.717) is 15.1 Å². The van der Waals surface area contributed by atoms with Crippen LogP contribution in [0.3, 0.4) is 0 Å². The molecule has 60 valence electrons. The van der Waals surface area contributed by atoms with E-state index in [-0.39, 0.29) is 5.82 Å². The number of nitrogens with two attached hydrogens (primary N) is 1. The topological polar surface area (TPSA) is 26.0 Å². The van der Waals surface area contributed by atoms with Gasteiger partial charge in [-0.05, 0) is 40.3 Å². The Hall–Kier alpha value is 0.130. The van der Waals surface area contributed by atoms with Gasteiger partial charge >= 0.3 is 0 Å². The molecule has 0 bridgehead atoms. The molecule has 1 nitrogen and oxygen atoms in total. The van der Waals surface area contributed by atoms with Crippen LogP contribution in [-0.4, -0.2) is 0 Å². The van der Waals surface area contributed by atoms with Gasteiger partial charge in [0.25, 0.3) is 0 Å². The average molecular weight is 285 g/mol. The Balaban J connectivity index is 3.21. The number of halogens is 3. The first-order chi connectivity index (χ1) is 5.15. The third kappa shape index (κ3) is 2.04. The Labute approximate surface area is 82.9 Å². The SMILES string of the molecule is NCc1cc(I)c(F)cc1Cl. The lowest BCUT2D eigenvalue weighted by Crippen LogP contribution is -1.98. The third-order valence-corrected chi connectivity index (χ3v) is 2.49. The van der Waals surface area contributed by atoms with Crippen molar-refractivity contribution in [2.45, 2.75) is 6.54 Å². The lowest BCUT2D eigenvalue weighted by atomic mass is 10.2. The maximum atomic E-state index is 12.8. The molecule has 0 aliphatic heterocycles. The van der Waals surface area contributed by atoms with Gasteiger partial charge in [-0.15, -0.1) is 0 Å². The Morgan fingerprint density at radius 1 is 1.55 bits per heavy atom. The van der Waals surface area contributed by atoms with Crippen molar-refractivity contribution in [1.29, 1.82) is 0 Å². The van der Waals surface area contributed by atoms with Gasteiger partial charge in [-0.25, -0.2) is 4.39 Å². The van der Waals surface area contributed by atoms with Gasteiger partial charge < -0.3 is 5.73 Å². The Morgan fingerprint density at radius 2 is 2.18 bits per heavy atom. The van der Waals surface area contributed by atoms with Crippen LogP contribution in [0, 0.1) is 9.39 Å². The first kappa shape index (κ1) is 9.22. The van der Waals surface area contributed by atoms with Crippen LogP contribution in [0.15, 0.2) is 12.1 Å². The van der Waals surface area contributed by atoms with Crippen molar-refractivity contribution in [2.75, 3.05) is 0 Å². The summed E-state index contributed by atoms with van der Waals surface area (Å²) in [6, 6.07) is 2.93.